The molecule has 0 aliphatic carbocycles. The number of piperazine rings is 1. The van der Waals surface area contributed by atoms with Crippen molar-refractivity contribution in [3.63, 3.8) is 0 Å². The molecule has 0 saturated carbocycles. The van der Waals surface area contributed by atoms with Crippen molar-refractivity contribution in [2.45, 2.75) is 19.8 Å². The molecule has 3 amide bonds. The highest BCUT2D eigenvalue weighted by molar-refractivity contribution is 5.85. The molecule has 2 aliphatic heterocycles. The van der Waals surface area contributed by atoms with E-state index in [-0.39, 0.29) is 18.5 Å². The molecule has 2 aliphatic rings. The maximum absolute atomic E-state index is 12.2. The summed E-state index contributed by atoms with van der Waals surface area (Å²) in [6, 6.07) is 0.0401. The first kappa shape index (κ1) is 12.2. The Hall–Kier alpha value is -1.26. The van der Waals surface area contributed by atoms with Crippen molar-refractivity contribution in [1.29, 1.82) is 0 Å². The van der Waals surface area contributed by atoms with E-state index in [0.717, 1.165) is 25.9 Å². The number of urea groups is 1. The molecule has 5 heteroatoms. The van der Waals surface area contributed by atoms with Crippen LogP contribution >= 0.6 is 0 Å². The maximum Gasteiger partial charge on any atom is 0.320 e. The van der Waals surface area contributed by atoms with E-state index in [9.17, 15) is 9.59 Å². The molecular weight excluding hydrogens is 218 g/mol. The first-order valence-corrected chi connectivity index (χ1v) is 6.35. The van der Waals surface area contributed by atoms with Crippen LogP contribution in [0.3, 0.4) is 0 Å². The van der Waals surface area contributed by atoms with Crippen LogP contribution in [0.2, 0.25) is 0 Å². The number of nitrogens with zero attached hydrogens (tertiary/aromatic N) is 3. The Balaban J connectivity index is 1.89. The van der Waals surface area contributed by atoms with Crippen molar-refractivity contribution in [2.75, 3.05) is 39.8 Å². The van der Waals surface area contributed by atoms with E-state index in [0.29, 0.717) is 19.0 Å². The summed E-state index contributed by atoms with van der Waals surface area (Å²) < 4.78 is 0. The van der Waals surface area contributed by atoms with Crippen LogP contribution in [0.25, 0.3) is 0 Å². The molecule has 2 rings (SSSR count). The van der Waals surface area contributed by atoms with Crippen molar-refractivity contribution in [3.05, 3.63) is 0 Å². The Morgan fingerprint density at radius 1 is 1.12 bits per heavy atom. The van der Waals surface area contributed by atoms with Gasteiger partial charge in [-0.15, -0.1) is 0 Å². The van der Waals surface area contributed by atoms with Crippen LogP contribution in [0, 0.1) is 5.92 Å². The molecule has 17 heavy (non-hydrogen) atoms. The summed E-state index contributed by atoms with van der Waals surface area (Å²) in [6.45, 7) is 5.44. The number of rotatable bonds is 0. The Morgan fingerprint density at radius 3 is 2.35 bits per heavy atom. The Labute approximate surface area is 102 Å². The number of likely N-dealkylation sites (tertiary alicyclic amines) is 1. The summed E-state index contributed by atoms with van der Waals surface area (Å²) in [5.41, 5.74) is 0. The fourth-order valence-electron chi connectivity index (χ4n) is 2.32. The molecule has 0 unspecified atom stereocenters. The van der Waals surface area contributed by atoms with Crippen LogP contribution in [-0.4, -0.2) is 66.4 Å². The third-order valence-electron chi connectivity index (χ3n) is 3.78. The van der Waals surface area contributed by atoms with E-state index in [1.807, 2.05) is 4.90 Å². The van der Waals surface area contributed by atoms with Crippen LogP contribution in [0.1, 0.15) is 19.8 Å². The molecule has 0 aromatic heterocycles. The number of carbonyl (C=O) groups is 2. The number of piperidine rings is 1. The molecule has 0 bridgehead atoms. The summed E-state index contributed by atoms with van der Waals surface area (Å²) in [5, 5.41) is 0. The van der Waals surface area contributed by atoms with E-state index >= 15 is 0 Å². The third kappa shape index (κ3) is 2.70. The highest BCUT2D eigenvalue weighted by atomic mass is 16.2. The Morgan fingerprint density at radius 2 is 1.76 bits per heavy atom. The van der Waals surface area contributed by atoms with Gasteiger partial charge in [0.15, 0.2) is 0 Å². The van der Waals surface area contributed by atoms with Crippen LogP contribution in [0.15, 0.2) is 0 Å². The van der Waals surface area contributed by atoms with Gasteiger partial charge in [-0.2, -0.15) is 0 Å². The van der Waals surface area contributed by atoms with Gasteiger partial charge in [0.2, 0.25) is 5.91 Å². The van der Waals surface area contributed by atoms with E-state index in [1.165, 1.54) is 0 Å². The van der Waals surface area contributed by atoms with Crippen molar-refractivity contribution in [2.24, 2.45) is 5.92 Å². The normalized spacial score (nSPS) is 23.2. The average molecular weight is 239 g/mol. The lowest BCUT2D eigenvalue weighted by Gasteiger charge is -2.38. The lowest BCUT2D eigenvalue weighted by molar-refractivity contribution is -0.133. The van der Waals surface area contributed by atoms with Crippen LogP contribution in [-0.2, 0) is 4.79 Å². The smallest absolute Gasteiger partial charge is 0.320 e. The van der Waals surface area contributed by atoms with Crippen molar-refractivity contribution in [1.82, 2.24) is 14.7 Å². The minimum atomic E-state index is 0.0370. The van der Waals surface area contributed by atoms with Gasteiger partial charge in [-0.3, -0.25) is 4.79 Å². The molecule has 0 aromatic rings. The Bertz CT molecular complexity index is 311. The molecule has 0 spiro atoms. The summed E-state index contributed by atoms with van der Waals surface area (Å²) in [6.07, 6.45) is 2.15. The predicted octanol–water partition coefficient (Wildman–Crippen LogP) is 0.612. The summed E-state index contributed by atoms with van der Waals surface area (Å²) >= 11 is 0. The first-order chi connectivity index (χ1) is 8.08. The zero-order chi connectivity index (χ0) is 12.4. The lowest BCUT2D eigenvalue weighted by atomic mass is 9.99. The highest BCUT2D eigenvalue weighted by Gasteiger charge is 2.29. The van der Waals surface area contributed by atoms with E-state index in [2.05, 4.69) is 6.92 Å². The van der Waals surface area contributed by atoms with Gasteiger partial charge >= 0.3 is 6.03 Å². The average Bonchev–Trinajstić information content (AvgIpc) is 2.33. The van der Waals surface area contributed by atoms with Gasteiger partial charge in [0.1, 0.15) is 6.54 Å². The van der Waals surface area contributed by atoms with Crippen molar-refractivity contribution in [3.8, 4) is 0 Å². The van der Waals surface area contributed by atoms with Gasteiger partial charge in [-0.1, -0.05) is 6.92 Å². The van der Waals surface area contributed by atoms with E-state index < -0.39 is 0 Å². The van der Waals surface area contributed by atoms with Crippen LogP contribution in [0.4, 0.5) is 4.79 Å². The first-order valence-electron chi connectivity index (χ1n) is 6.35. The van der Waals surface area contributed by atoms with Gasteiger partial charge in [0.25, 0.3) is 0 Å². The van der Waals surface area contributed by atoms with Gasteiger partial charge in [0.05, 0.1) is 0 Å². The minimum absolute atomic E-state index is 0.0370. The minimum Gasteiger partial charge on any atom is -0.342 e. The third-order valence-corrected chi connectivity index (χ3v) is 3.78. The molecule has 0 atom stereocenters. The molecule has 0 aromatic carbocycles. The SMILES string of the molecule is CC1CCN(C(=O)N2CCN(C)C(=O)C2)CC1. The van der Waals surface area contributed by atoms with Crippen LogP contribution < -0.4 is 0 Å². The quantitative estimate of drug-likeness (QED) is 0.622. The van der Waals surface area contributed by atoms with E-state index in [1.54, 1.807) is 16.8 Å². The van der Waals surface area contributed by atoms with Crippen molar-refractivity contribution >= 4 is 11.9 Å². The number of carbonyl (C=O) groups excluding carboxylic acids is 2. The number of hydrogen-bond donors (Lipinski definition) is 0. The van der Waals surface area contributed by atoms with Crippen LogP contribution in [0.5, 0.6) is 0 Å². The lowest BCUT2D eigenvalue weighted by Crippen LogP contribution is -2.55. The largest absolute Gasteiger partial charge is 0.342 e. The van der Waals surface area contributed by atoms with Gasteiger partial charge < -0.3 is 14.7 Å². The number of amides is 3. The molecular formula is C12H21N3O2. The molecule has 2 heterocycles. The number of likely N-dealkylation sites (N-methyl/N-ethyl adjacent to an activating group) is 1. The zero-order valence-corrected chi connectivity index (χ0v) is 10.7. The second-order valence-electron chi connectivity index (χ2n) is 5.19. The molecule has 5 nitrogen and oxygen atoms in total. The highest BCUT2D eigenvalue weighted by Crippen LogP contribution is 2.17. The van der Waals surface area contributed by atoms with Gasteiger partial charge in [-0.25, -0.2) is 4.79 Å². The Kier molecular flexibility index (Phi) is 3.54. The number of hydrogen-bond acceptors (Lipinski definition) is 2. The summed E-state index contributed by atoms with van der Waals surface area (Å²) in [7, 11) is 1.78. The molecule has 0 radical (unpaired) electrons. The molecule has 96 valence electrons. The monoisotopic (exact) mass is 239 g/mol. The molecule has 0 N–H and O–H groups in total. The predicted molar refractivity (Wildman–Crippen MR) is 64.6 cm³/mol. The summed E-state index contributed by atoms with van der Waals surface area (Å²) in [5.74, 6) is 0.753. The van der Waals surface area contributed by atoms with Gasteiger partial charge in [-0.05, 0) is 18.8 Å². The second-order valence-corrected chi connectivity index (χ2v) is 5.19. The zero-order valence-electron chi connectivity index (χ0n) is 10.7. The fraction of sp³-hybridized carbons (Fsp3) is 0.833. The van der Waals surface area contributed by atoms with Crippen molar-refractivity contribution < 1.29 is 9.59 Å². The second kappa shape index (κ2) is 4.94. The standard InChI is InChI=1S/C12H21N3O2/c1-10-3-5-14(6-4-10)12(17)15-8-7-13(2)11(16)9-15/h10H,3-9H2,1-2H3. The topological polar surface area (TPSA) is 43.9 Å². The summed E-state index contributed by atoms with van der Waals surface area (Å²) in [4.78, 5) is 29.0. The van der Waals surface area contributed by atoms with Gasteiger partial charge in [0, 0.05) is 33.2 Å². The molecule has 2 fully saturated rings. The molecule has 2 saturated heterocycles. The fourth-order valence-corrected chi connectivity index (χ4v) is 2.32. The maximum atomic E-state index is 12.2. The van der Waals surface area contributed by atoms with E-state index in [4.69, 9.17) is 0 Å².